The number of benzene rings is 3. The Morgan fingerprint density at radius 1 is 1.00 bits per heavy atom. The van der Waals surface area contributed by atoms with Gasteiger partial charge in [0.05, 0.1) is 11.0 Å². The predicted molar refractivity (Wildman–Crippen MR) is 166 cm³/mol. The molecule has 5 rings (SSSR count). The van der Waals surface area contributed by atoms with E-state index in [0.717, 1.165) is 33.5 Å². The highest BCUT2D eigenvalue weighted by Gasteiger charge is 2.27. The Bertz CT molecular complexity index is 1680. The number of aromatic nitrogens is 3. The summed E-state index contributed by atoms with van der Waals surface area (Å²) >= 11 is 0. The Morgan fingerprint density at radius 3 is 2.48 bits per heavy atom. The van der Waals surface area contributed by atoms with Crippen LogP contribution in [0.25, 0.3) is 11.0 Å². The van der Waals surface area contributed by atoms with Crippen LogP contribution >= 0.6 is 0 Å². The van der Waals surface area contributed by atoms with E-state index < -0.39 is 12.0 Å². The van der Waals surface area contributed by atoms with Gasteiger partial charge < -0.3 is 20.1 Å². The maximum Gasteiger partial charge on any atom is 0.320 e. The number of hydrogen-bond donors (Lipinski definition) is 3. The number of H-pyrrole nitrogens is 1. The van der Waals surface area contributed by atoms with Crippen molar-refractivity contribution in [2.24, 2.45) is 0 Å². The van der Waals surface area contributed by atoms with Crippen molar-refractivity contribution in [3.05, 3.63) is 108 Å². The fraction of sp³-hybridized carbons (Fsp3) is 0.265. The number of pyridine rings is 1. The first-order valence-corrected chi connectivity index (χ1v) is 14.1. The minimum Gasteiger partial charge on any atom is -0.480 e. The van der Waals surface area contributed by atoms with Crippen LogP contribution in [0.15, 0.2) is 91.1 Å². The number of carboxylic acid groups (broad SMARTS) is 1. The van der Waals surface area contributed by atoms with Crippen molar-refractivity contribution in [3.63, 3.8) is 0 Å². The Hall–Kier alpha value is -4.69. The average Bonchev–Trinajstić information content (AvgIpc) is 3.38. The van der Waals surface area contributed by atoms with E-state index in [1.165, 1.54) is 0 Å². The summed E-state index contributed by atoms with van der Waals surface area (Å²) in [6.07, 6.45) is 1.70. The second-order valence-corrected chi connectivity index (χ2v) is 11.5. The number of imidazole rings is 1. The third-order valence-electron chi connectivity index (χ3n) is 7.47. The van der Waals surface area contributed by atoms with E-state index in [1.807, 2.05) is 90.7 Å². The molecule has 0 aliphatic rings. The second-order valence-electron chi connectivity index (χ2n) is 11.5. The number of nitrogens with one attached hydrogen (secondary N) is 2. The van der Waals surface area contributed by atoms with Gasteiger partial charge in [0.25, 0.3) is 0 Å². The Labute approximate surface area is 246 Å². The van der Waals surface area contributed by atoms with Gasteiger partial charge in [0.1, 0.15) is 17.5 Å². The highest BCUT2D eigenvalue weighted by Crippen LogP contribution is 2.36. The number of hydrogen-bond acceptors (Lipinski definition) is 6. The van der Waals surface area contributed by atoms with Crippen molar-refractivity contribution in [3.8, 4) is 11.6 Å². The van der Waals surface area contributed by atoms with Crippen molar-refractivity contribution < 1.29 is 14.6 Å². The molecular weight excluding hydrogens is 526 g/mol. The van der Waals surface area contributed by atoms with Gasteiger partial charge in [-0.05, 0) is 60.7 Å². The van der Waals surface area contributed by atoms with Crippen LogP contribution in [0.4, 0.5) is 11.6 Å². The summed E-state index contributed by atoms with van der Waals surface area (Å²) in [5, 5.41) is 13.2. The van der Waals surface area contributed by atoms with Crippen LogP contribution in [0, 0.1) is 0 Å². The van der Waals surface area contributed by atoms with Crippen molar-refractivity contribution >= 4 is 28.6 Å². The van der Waals surface area contributed by atoms with E-state index >= 15 is 0 Å². The first kappa shape index (κ1) is 28.8. The van der Waals surface area contributed by atoms with Crippen molar-refractivity contribution in [2.45, 2.75) is 58.7 Å². The third kappa shape index (κ3) is 6.44. The van der Waals surface area contributed by atoms with Crippen LogP contribution in [0.5, 0.6) is 11.6 Å². The molecule has 5 aromatic rings. The maximum atomic E-state index is 12.0. The number of fused-ring (bicyclic) bond motifs is 1. The van der Waals surface area contributed by atoms with E-state index in [-0.39, 0.29) is 11.5 Å². The Balaban J connectivity index is 1.40. The third-order valence-corrected chi connectivity index (χ3v) is 7.47. The molecule has 42 heavy (non-hydrogen) atoms. The molecule has 8 heteroatoms. The zero-order valence-corrected chi connectivity index (χ0v) is 24.6. The van der Waals surface area contributed by atoms with Gasteiger partial charge in [0, 0.05) is 24.3 Å². The number of carbonyl (C=O) groups is 1. The fourth-order valence-corrected chi connectivity index (χ4v) is 5.06. The molecule has 0 saturated carbocycles. The number of rotatable bonds is 10. The predicted octanol–water partition coefficient (Wildman–Crippen LogP) is 7.83. The zero-order chi connectivity index (χ0) is 29.9. The molecule has 3 N–H and O–H groups in total. The molecule has 0 radical (unpaired) electrons. The van der Waals surface area contributed by atoms with Gasteiger partial charge in [0.2, 0.25) is 11.8 Å². The van der Waals surface area contributed by atoms with Crippen LogP contribution in [-0.2, 0) is 16.8 Å². The number of aliphatic carboxylic acids is 1. The maximum absolute atomic E-state index is 12.0. The van der Waals surface area contributed by atoms with E-state index in [4.69, 9.17) is 9.72 Å². The molecule has 0 amide bonds. The fourth-order valence-electron chi connectivity index (χ4n) is 5.06. The van der Waals surface area contributed by atoms with Gasteiger partial charge in [-0.15, -0.1) is 0 Å². The summed E-state index contributed by atoms with van der Waals surface area (Å²) in [6, 6.07) is 26.8. The Morgan fingerprint density at radius 2 is 1.74 bits per heavy atom. The average molecular weight is 564 g/mol. The number of anilines is 2. The standard InChI is InChI=1S/C34H37N5O3/c1-22(39(23(2)32(40)41)21-24-12-7-6-8-13-24)25-17-18-27-29(20-25)38-33(36-27)37-28-15-11-19-35-31(28)42-30-16-10-9-14-26(30)34(3,4)5/h6-20,22-23H,21H2,1-5H3,(H,40,41)(H2,36,37,38). The molecule has 2 atom stereocenters. The van der Waals surface area contributed by atoms with Crippen LogP contribution in [-0.4, -0.2) is 37.0 Å². The molecule has 0 saturated heterocycles. The van der Waals surface area contributed by atoms with Gasteiger partial charge in [-0.1, -0.05) is 75.4 Å². The molecular formula is C34H37N5O3. The van der Waals surface area contributed by atoms with Crippen LogP contribution in [0.3, 0.4) is 0 Å². The lowest BCUT2D eigenvalue weighted by atomic mass is 9.86. The van der Waals surface area contributed by atoms with E-state index in [1.54, 1.807) is 13.1 Å². The summed E-state index contributed by atoms with van der Waals surface area (Å²) in [5.41, 5.74) is 5.36. The van der Waals surface area contributed by atoms with Crippen molar-refractivity contribution in [1.82, 2.24) is 19.9 Å². The number of aromatic amines is 1. The monoisotopic (exact) mass is 563 g/mol. The van der Waals surface area contributed by atoms with Crippen LogP contribution in [0.2, 0.25) is 0 Å². The minimum absolute atomic E-state index is 0.0918. The van der Waals surface area contributed by atoms with E-state index in [0.29, 0.717) is 24.1 Å². The molecule has 0 fully saturated rings. The van der Waals surface area contributed by atoms with Gasteiger partial charge in [0.15, 0.2) is 0 Å². The summed E-state index contributed by atoms with van der Waals surface area (Å²) in [5.74, 6) is 0.900. The number of ether oxygens (including phenoxy) is 1. The topological polar surface area (TPSA) is 103 Å². The van der Waals surface area contributed by atoms with E-state index in [2.05, 4.69) is 42.1 Å². The van der Waals surface area contributed by atoms with Crippen molar-refractivity contribution in [1.29, 1.82) is 0 Å². The molecule has 8 nitrogen and oxygen atoms in total. The molecule has 0 aliphatic carbocycles. The summed E-state index contributed by atoms with van der Waals surface area (Å²) in [4.78, 5) is 26.6. The van der Waals surface area contributed by atoms with Gasteiger partial charge in [-0.25, -0.2) is 9.97 Å². The lowest BCUT2D eigenvalue weighted by molar-refractivity contribution is -0.143. The first-order chi connectivity index (χ1) is 20.1. The highest BCUT2D eigenvalue weighted by atomic mass is 16.5. The first-order valence-electron chi connectivity index (χ1n) is 14.1. The largest absolute Gasteiger partial charge is 0.480 e. The molecule has 216 valence electrons. The highest BCUT2D eigenvalue weighted by molar-refractivity contribution is 5.80. The van der Waals surface area contributed by atoms with Crippen LogP contribution in [0.1, 0.15) is 57.4 Å². The quantitative estimate of drug-likeness (QED) is 0.159. The number of carboxylic acids is 1. The summed E-state index contributed by atoms with van der Waals surface area (Å²) < 4.78 is 6.31. The number of para-hydroxylation sites is 1. The van der Waals surface area contributed by atoms with E-state index in [9.17, 15) is 9.90 Å². The smallest absolute Gasteiger partial charge is 0.320 e. The normalized spacial score (nSPS) is 13.2. The Kier molecular flexibility index (Phi) is 8.27. The van der Waals surface area contributed by atoms with Gasteiger partial charge in [-0.2, -0.15) is 0 Å². The molecule has 2 aromatic heterocycles. The van der Waals surface area contributed by atoms with Gasteiger partial charge in [-0.3, -0.25) is 9.69 Å². The SMILES string of the molecule is CC(C(=O)O)N(Cc1ccccc1)C(C)c1ccc2nc(Nc3cccnc3Oc3ccccc3C(C)(C)C)[nH]c2c1. The molecule has 0 spiro atoms. The second kappa shape index (κ2) is 12.0. The summed E-state index contributed by atoms with van der Waals surface area (Å²) in [7, 11) is 0. The molecule has 2 unspecified atom stereocenters. The number of nitrogens with zero attached hydrogens (tertiary/aromatic N) is 3. The van der Waals surface area contributed by atoms with Gasteiger partial charge >= 0.3 is 5.97 Å². The van der Waals surface area contributed by atoms with Crippen molar-refractivity contribution in [2.75, 3.05) is 5.32 Å². The molecule has 2 heterocycles. The zero-order valence-electron chi connectivity index (χ0n) is 24.6. The molecule has 0 bridgehead atoms. The van der Waals surface area contributed by atoms with Crippen LogP contribution < -0.4 is 10.1 Å². The lowest BCUT2D eigenvalue weighted by Gasteiger charge is -2.32. The minimum atomic E-state index is -0.855. The molecule has 0 aliphatic heterocycles. The lowest BCUT2D eigenvalue weighted by Crippen LogP contribution is -2.40. The summed E-state index contributed by atoms with van der Waals surface area (Å²) in [6.45, 7) is 10.7. The molecule has 3 aromatic carbocycles.